The molecule has 124 valence electrons. The largest absolute Gasteiger partial charge is 0.325 e. The summed E-state index contributed by atoms with van der Waals surface area (Å²) in [5.41, 5.74) is 1.93. The van der Waals surface area contributed by atoms with Crippen molar-refractivity contribution in [3.05, 3.63) is 41.5 Å². The molecule has 0 aliphatic heterocycles. The quantitative estimate of drug-likeness (QED) is 0.851. The Bertz CT molecular complexity index is 665. The average molecular weight is 315 g/mol. The number of carbonyl (C=O) groups is 1. The van der Waals surface area contributed by atoms with Crippen LogP contribution in [0.5, 0.6) is 0 Å². The maximum atomic E-state index is 12.3. The highest BCUT2D eigenvalue weighted by Gasteiger charge is 2.15. The van der Waals surface area contributed by atoms with Crippen molar-refractivity contribution in [3.8, 4) is 0 Å². The minimum absolute atomic E-state index is 0.00774. The van der Waals surface area contributed by atoms with Crippen molar-refractivity contribution >= 4 is 11.6 Å². The number of nitrogens with one attached hydrogen (secondary N) is 1. The molecule has 0 saturated carbocycles. The second-order valence-corrected chi connectivity index (χ2v) is 5.80. The van der Waals surface area contributed by atoms with Gasteiger partial charge in [0.05, 0.1) is 13.1 Å². The predicted octanol–water partition coefficient (Wildman–Crippen LogP) is 2.28. The Kier molecular flexibility index (Phi) is 5.87. The first-order valence-corrected chi connectivity index (χ1v) is 7.94. The number of benzene rings is 1. The molecule has 2 aromatic rings. The van der Waals surface area contributed by atoms with Gasteiger partial charge in [0.2, 0.25) is 5.91 Å². The van der Waals surface area contributed by atoms with Gasteiger partial charge in [0.1, 0.15) is 11.6 Å². The SMILES string of the molecule is CCCN(CC(=O)Nc1ccccc1C)Cc1nnc(C)n1C. The van der Waals surface area contributed by atoms with Crippen LogP contribution in [0.2, 0.25) is 0 Å². The highest BCUT2D eigenvalue weighted by Crippen LogP contribution is 2.13. The number of hydrogen-bond acceptors (Lipinski definition) is 4. The second-order valence-electron chi connectivity index (χ2n) is 5.80. The molecule has 0 aliphatic rings. The summed E-state index contributed by atoms with van der Waals surface area (Å²) in [5, 5.41) is 11.2. The molecule has 0 atom stereocenters. The Balaban J connectivity index is 2.00. The number of aromatic nitrogens is 3. The number of hydrogen-bond donors (Lipinski definition) is 1. The summed E-state index contributed by atoms with van der Waals surface area (Å²) in [6, 6.07) is 7.80. The summed E-state index contributed by atoms with van der Waals surface area (Å²) >= 11 is 0. The van der Waals surface area contributed by atoms with Crippen LogP contribution in [0.3, 0.4) is 0 Å². The predicted molar refractivity (Wildman–Crippen MR) is 91.1 cm³/mol. The third-order valence-corrected chi connectivity index (χ3v) is 3.87. The van der Waals surface area contributed by atoms with Gasteiger partial charge in [-0.15, -0.1) is 10.2 Å². The molecular formula is C17H25N5O. The van der Waals surface area contributed by atoms with Crippen molar-refractivity contribution in [3.63, 3.8) is 0 Å². The van der Waals surface area contributed by atoms with E-state index >= 15 is 0 Å². The zero-order valence-corrected chi connectivity index (χ0v) is 14.3. The third kappa shape index (κ3) is 4.63. The smallest absolute Gasteiger partial charge is 0.238 e. The highest BCUT2D eigenvalue weighted by atomic mass is 16.2. The minimum atomic E-state index is -0.00774. The number of aryl methyl sites for hydroxylation is 2. The Hall–Kier alpha value is -2.21. The summed E-state index contributed by atoms with van der Waals surface area (Å²) in [6.07, 6.45) is 0.981. The summed E-state index contributed by atoms with van der Waals surface area (Å²) in [4.78, 5) is 14.4. The van der Waals surface area contributed by atoms with E-state index in [1.54, 1.807) is 0 Å². The molecule has 0 bridgehead atoms. The fourth-order valence-electron chi connectivity index (χ4n) is 2.42. The normalized spacial score (nSPS) is 11.0. The summed E-state index contributed by atoms with van der Waals surface area (Å²) in [5.74, 6) is 1.74. The van der Waals surface area contributed by atoms with Crippen LogP contribution in [-0.2, 0) is 18.4 Å². The fourth-order valence-corrected chi connectivity index (χ4v) is 2.42. The molecule has 2 rings (SSSR count). The van der Waals surface area contributed by atoms with Crippen LogP contribution >= 0.6 is 0 Å². The van der Waals surface area contributed by atoms with Crippen molar-refractivity contribution in [1.82, 2.24) is 19.7 Å². The van der Waals surface area contributed by atoms with Crippen LogP contribution in [0.15, 0.2) is 24.3 Å². The van der Waals surface area contributed by atoms with Crippen LogP contribution in [0.1, 0.15) is 30.6 Å². The topological polar surface area (TPSA) is 63.1 Å². The molecule has 23 heavy (non-hydrogen) atoms. The van der Waals surface area contributed by atoms with Gasteiger partial charge in [-0.05, 0) is 38.4 Å². The van der Waals surface area contributed by atoms with Crippen molar-refractivity contribution in [2.75, 3.05) is 18.4 Å². The number of rotatable bonds is 7. The maximum Gasteiger partial charge on any atom is 0.238 e. The third-order valence-electron chi connectivity index (χ3n) is 3.87. The van der Waals surface area contributed by atoms with Crippen LogP contribution < -0.4 is 5.32 Å². The Morgan fingerprint density at radius 1 is 1.26 bits per heavy atom. The van der Waals surface area contributed by atoms with Crippen LogP contribution in [0.25, 0.3) is 0 Å². The van der Waals surface area contributed by atoms with Crippen LogP contribution in [0, 0.1) is 13.8 Å². The number of anilines is 1. The van der Waals surface area contributed by atoms with Crippen molar-refractivity contribution in [1.29, 1.82) is 0 Å². The lowest BCUT2D eigenvalue weighted by molar-refractivity contribution is -0.117. The van der Waals surface area contributed by atoms with Gasteiger partial charge in [0.15, 0.2) is 0 Å². The lowest BCUT2D eigenvalue weighted by Gasteiger charge is -2.20. The lowest BCUT2D eigenvalue weighted by atomic mass is 10.2. The van der Waals surface area contributed by atoms with Gasteiger partial charge >= 0.3 is 0 Å². The van der Waals surface area contributed by atoms with E-state index in [0.29, 0.717) is 13.1 Å². The first-order chi connectivity index (χ1) is 11.0. The van der Waals surface area contributed by atoms with E-state index < -0.39 is 0 Å². The summed E-state index contributed by atoms with van der Waals surface area (Å²) in [7, 11) is 1.95. The Morgan fingerprint density at radius 3 is 2.61 bits per heavy atom. The molecule has 1 aromatic heterocycles. The Morgan fingerprint density at radius 2 is 2.00 bits per heavy atom. The summed E-state index contributed by atoms with van der Waals surface area (Å²) < 4.78 is 1.96. The fraction of sp³-hybridized carbons (Fsp3) is 0.471. The molecule has 0 spiro atoms. The maximum absolute atomic E-state index is 12.3. The van der Waals surface area contributed by atoms with Gasteiger partial charge in [-0.3, -0.25) is 9.69 Å². The number of amides is 1. The van der Waals surface area contributed by atoms with Gasteiger partial charge < -0.3 is 9.88 Å². The lowest BCUT2D eigenvalue weighted by Crippen LogP contribution is -2.34. The van der Waals surface area contributed by atoms with Crippen LogP contribution in [-0.4, -0.2) is 38.7 Å². The second kappa shape index (κ2) is 7.87. The first-order valence-electron chi connectivity index (χ1n) is 7.94. The number of para-hydroxylation sites is 1. The van der Waals surface area contributed by atoms with E-state index in [1.165, 1.54) is 0 Å². The number of carbonyl (C=O) groups excluding carboxylic acids is 1. The average Bonchev–Trinajstić information content (AvgIpc) is 2.82. The molecule has 1 amide bonds. The van der Waals surface area contributed by atoms with Gasteiger partial charge in [-0.1, -0.05) is 25.1 Å². The molecule has 0 radical (unpaired) electrons. The van der Waals surface area contributed by atoms with Crippen molar-refractivity contribution < 1.29 is 4.79 Å². The highest BCUT2D eigenvalue weighted by molar-refractivity contribution is 5.92. The molecule has 0 saturated heterocycles. The molecule has 1 N–H and O–H groups in total. The molecule has 0 aliphatic carbocycles. The van der Waals surface area contributed by atoms with Gasteiger partial charge in [-0.2, -0.15) is 0 Å². The molecule has 1 heterocycles. The zero-order chi connectivity index (χ0) is 16.8. The summed E-state index contributed by atoms with van der Waals surface area (Å²) in [6.45, 7) is 7.81. The van der Waals surface area contributed by atoms with Crippen molar-refractivity contribution in [2.24, 2.45) is 7.05 Å². The van der Waals surface area contributed by atoms with Crippen LogP contribution in [0.4, 0.5) is 5.69 Å². The van der Waals surface area contributed by atoms with E-state index in [2.05, 4.69) is 27.3 Å². The van der Waals surface area contributed by atoms with E-state index in [-0.39, 0.29) is 5.91 Å². The monoisotopic (exact) mass is 315 g/mol. The van der Waals surface area contributed by atoms with E-state index in [4.69, 9.17) is 0 Å². The van der Waals surface area contributed by atoms with Crippen molar-refractivity contribution in [2.45, 2.75) is 33.7 Å². The molecular weight excluding hydrogens is 290 g/mol. The minimum Gasteiger partial charge on any atom is -0.325 e. The van der Waals surface area contributed by atoms with Gasteiger partial charge in [-0.25, -0.2) is 0 Å². The number of nitrogens with zero attached hydrogens (tertiary/aromatic N) is 4. The molecule has 0 unspecified atom stereocenters. The Labute approximate surface area is 137 Å². The van der Waals surface area contributed by atoms with E-state index in [0.717, 1.165) is 35.9 Å². The molecule has 1 aromatic carbocycles. The molecule has 6 nitrogen and oxygen atoms in total. The van der Waals surface area contributed by atoms with Gasteiger partial charge in [0, 0.05) is 12.7 Å². The standard InChI is InChI=1S/C17H25N5O/c1-5-10-22(11-16-20-19-14(3)21(16)4)12-17(23)18-15-9-7-6-8-13(15)2/h6-9H,5,10-12H2,1-4H3,(H,18,23). The molecule has 0 fully saturated rings. The van der Waals surface area contributed by atoms with E-state index in [9.17, 15) is 4.79 Å². The first kappa shape index (κ1) is 17.1. The molecule has 6 heteroatoms. The zero-order valence-electron chi connectivity index (χ0n) is 14.3. The van der Waals surface area contributed by atoms with Gasteiger partial charge in [0.25, 0.3) is 0 Å². The van der Waals surface area contributed by atoms with E-state index in [1.807, 2.05) is 49.7 Å².